The molecule has 1 fully saturated rings. The van der Waals surface area contributed by atoms with Crippen molar-refractivity contribution in [2.24, 2.45) is 0 Å². The molecule has 1 aromatic carbocycles. The smallest absolute Gasteiger partial charge is 0.161 e. The first-order valence-corrected chi connectivity index (χ1v) is 9.43. The molecule has 24 heavy (non-hydrogen) atoms. The Morgan fingerprint density at radius 1 is 1.08 bits per heavy atom. The van der Waals surface area contributed by atoms with Gasteiger partial charge in [-0.1, -0.05) is 0 Å². The molecule has 2 N–H and O–H groups in total. The topological polar surface area (TPSA) is 69.7 Å². The van der Waals surface area contributed by atoms with Gasteiger partial charge in [0.2, 0.25) is 0 Å². The van der Waals surface area contributed by atoms with E-state index in [0.29, 0.717) is 0 Å². The summed E-state index contributed by atoms with van der Waals surface area (Å²) in [7, 11) is 0. The Morgan fingerprint density at radius 2 is 1.88 bits per heavy atom. The predicted octanol–water partition coefficient (Wildman–Crippen LogP) is 3.81. The largest absolute Gasteiger partial charge is 0.372 e. The third-order valence-electron chi connectivity index (χ3n) is 4.37. The summed E-state index contributed by atoms with van der Waals surface area (Å²) in [6.45, 7) is 2.32. The summed E-state index contributed by atoms with van der Waals surface area (Å²) in [5, 5.41) is 12.5. The number of aromatic nitrogens is 4. The van der Waals surface area contributed by atoms with E-state index in [1.807, 2.05) is 6.26 Å². The molecule has 0 radical (unpaired) electrons. The van der Waals surface area contributed by atoms with Gasteiger partial charge in [-0.05, 0) is 49.8 Å². The fourth-order valence-electron chi connectivity index (χ4n) is 3.12. The lowest BCUT2D eigenvalue weighted by Gasteiger charge is -2.28. The highest BCUT2D eigenvalue weighted by molar-refractivity contribution is 7.98. The molecule has 2 aromatic heterocycles. The van der Waals surface area contributed by atoms with Gasteiger partial charge in [-0.15, -0.1) is 11.8 Å². The summed E-state index contributed by atoms with van der Waals surface area (Å²) >= 11 is 1.58. The van der Waals surface area contributed by atoms with E-state index < -0.39 is 0 Å². The number of H-pyrrole nitrogens is 1. The molecule has 0 saturated carbocycles. The van der Waals surface area contributed by atoms with Crippen LogP contribution < -0.4 is 10.2 Å². The maximum atomic E-state index is 4.39. The fraction of sp³-hybridized carbons (Fsp3) is 0.353. The Kier molecular flexibility index (Phi) is 4.25. The van der Waals surface area contributed by atoms with Crippen molar-refractivity contribution < 1.29 is 0 Å². The van der Waals surface area contributed by atoms with Gasteiger partial charge in [-0.25, -0.2) is 9.97 Å². The van der Waals surface area contributed by atoms with E-state index in [4.69, 9.17) is 0 Å². The van der Waals surface area contributed by atoms with Crippen LogP contribution in [0.4, 0.5) is 17.2 Å². The molecular formula is C17H20N6S. The van der Waals surface area contributed by atoms with Crippen LogP contribution in [0.3, 0.4) is 0 Å². The molecule has 0 spiro atoms. The minimum atomic E-state index is 0.752. The van der Waals surface area contributed by atoms with E-state index in [0.717, 1.165) is 40.7 Å². The Hall–Kier alpha value is -2.28. The molecule has 7 heteroatoms. The Balaban J connectivity index is 1.58. The standard InChI is InChI=1S/C17H20N6S/c1-24-17-14-15(18-11-19-16(14)21-22-17)20-12-5-7-13(8-6-12)23-9-3-2-4-10-23/h5-8,11H,2-4,9-10H2,1H3,(H2,18,19,20,21,22). The van der Waals surface area contributed by atoms with Gasteiger partial charge in [0.05, 0.1) is 5.39 Å². The van der Waals surface area contributed by atoms with Crippen LogP contribution in [0, 0.1) is 0 Å². The SMILES string of the molecule is CSc1n[nH]c2ncnc(Nc3ccc(N4CCCCC4)cc3)c12. The Labute approximate surface area is 145 Å². The van der Waals surface area contributed by atoms with Crippen LogP contribution in [0.15, 0.2) is 35.6 Å². The van der Waals surface area contributed by atoms with Crippen LogP contribution in [0.1, 0.15) is 19.3 Å². The third-order valence-corrected chi connectivity index (χ3v) is 5.05. The zero-order chi connectivity index (χ0) is 16.4. The first-order chi connectivity index (χ1) is 11.8. The molecule has 1 saturated heterocycles. The first kappa shape index (κ1) is 15.3. The summed E-state index contributed by atoms with van der Waals surface area (Å²) in [6, 6.07) is 8.57. The molecule has 0 atom stereocenters. The molecule has 0 bridgehead atoms. The van der Waals surface area contributed by atoms with Crippen molar-refractivity contribution in [1.29, 1.82) is 0 Å². The van der Waals surface area contributed by atoms with Crippen LogP contribution in [-0.2, 0) is 0 Å². The predicted molar refractivity (Wildman–Crippen MR) is 99.3 cm³/mol. The molecular weight excluding hydrogens is 320 g/mol. The Morgan fingerprint density at radius 3 is 2.62 bits per heavy atom. The molecule has 3 aromatic rings. The van der Waals surface area contributed by atoms with Gasteiger partial charge >= 0.3 is 0 Å². The zero-order valence-electron chi connectivity index (χ0n) is 13.6. The Bertz CT molecular complexity index is 823. The first-order valence-electron chi connectivity index (χ1n) is 8.20. The number of anilines is 3. The number of nitrogens with one attached hydrogen (secondary N) is 2. The number of piperidine rings is 1. The minimum absolute atomic E-state index is 0.752. The van der Waals surface area contributed by atoms with E-state index in [1.165, 1.54) is 24.9 Å². The molecule has 1 aliphatic rings. The summed E-state index contributed by atoms with van der Waals surface area (Å²) < 4.78 is 0. The van der Waals surface area contributed by atoms with Crippen molar-refractivity contribution in [3.63, 3.8) is 0 Å². The lowest BCUT2D eigenvalue weighted by molar-refractivity contribution is 0.578. The van der Waals surface area contributed by atoms with Crippen LogP contribution in [0.25, 0.3) is 11.0 Å². The second-order valence-electron chi connectivity index (χ2n) is 5.90. The average molecular weight is 340 g/mol. The normalized spacial score (nSPS) is 15.0. The van der Waals surface area contributed by atoms with Crippen LogP contribution >= 0.6 is 11.8 Å². The number of hydrogen-bond donors (Lipinski definition) is 2. The van der Waals surface area contributed by atoms with Gasteiger partial charge in [0.25, 0.3) is 0 Å². The van der Waals surface area contributed by atoms with Crippen molar-refractivity contribution in [2.75, 3.05) is 29.6 Å². The molecule has 4 rings (SSSR count). The van der Waals surface area contributed by atoms with E-state index in [2.05, 4.69) is 54.6 Å². The highest BCUT2D eigenvalue weighted by atomic mass is 32.2. The molecule has 124 valence electrons. The highest BCUT2D eigenvalue weighted by Gasteiger charge is 2.13. The van der Waals surface area contributed by atoms with Crippen molar-refractivity contribution in [1.82, 2.24) is 20.2 Å². The molecule has 0 unspecified atom stereocenters. The second kappa shape index (κ2) is 6.68. The van der Waals surface area contributed by atoms with E-state index >= 15 is 0 Å². The maximum Gasteiger partial charge on any atom is 0.161 e. The van der Waals surface area contributed by atoms with Crippen LogP contribution in [-0.4, -0.2) is 39.5 Å². The summed E-state index contributed by atoms with van der Waals surface area (Å²) in [6.07, 6.45) is 7.48. The van der Waals surface area contributed by atoms with Gasteiger partial charge < -0.3 is 10.2 Å². The van der Waals surface area contributed by atoms with Gasteiger partial charge in [-0.3, -0.25) is 5.10 Å². The quantitative estimate of drug-likeness (QED) is 0.704. The summed E-state index contributed by atoms with van der Waals surface area (Å²) in [5.74, 6) is 0.781. The molecule has 6 nitrogen and oxygen atoms in total. The lowest BCUT2D eigenvalue weighted by atomic mass is 10.1. The number of fused-ring (bicyclic) bond motifs is 1. The number of rotatable bonds is 4. The van der Waals surface area contributed by atoms with E-state index in [-0.39, 0.29) is 0 Å². The van der Waals surface area contributed by atoms with Crippen molar-refractivity contribution in [2.45, 2.75) is 24.3 Å². The van der Waals surface area contributed by atoms with Crippen molar-refractivity contribution in [3.8, 4) is 0 Å². The van der Waals surface area contributed by atoms with Crippen molar-refractivity contribution in [3.05, 3.63) is 30.6 Å². The van der Waals surface area contributed by atoms with Crippen LogP contribution in [0.2, 0.25) is 0 Å². The monoisotopic (exact) mass is 340 g/mol. The number of hydrogen-bond acceptors (Lipinski definition) is 6. The van der Waals surface area contributed by atoms with E-state index in [9.17, 15) is 0 Å². The lowest BCUT2D eigenvalue weighted by Crippen LogP contribution is -2.29. The second-order valence-corrected chi connectivity index (χ2v) is 6.69. The summed E-state index contributed by atoms with van der Waals surface area (Å²) in [4.78, 5) is 11.1. The highest BCUT2D eigenvalue weighted by Crippen LogP contribution is 2.30. The zero-order valence-corrected chi connectivity index (χ0v) is 14.4. The number of thioether (sulfide) groups is 1. The minimum Gasteiger partial charge on any atom is -0.372 e. The number of aromatic amines is 1. The van der Waals surface area contributed by atoms with Gasteiger partial charge in [0, 0.05) is 24.5 Å². The molecule has 3 heterocycles. The molecule has 1 aliphatic heterocycles. The number of nitrogens with zero attached hydrogens (tertiary/aromatic N) is 4. The molecule has 0 aliphatic carbocycles. The molecule has 0 amide bonds. The van der Waals surface area contributed by atoms with Gasteiger partial charge in [-0.2, -0.15) is 5.10 Å². The average Bonchev–Trinajstić information content (AvgIpc) is 3.07. The van der Waals surface area contributed by atoms with E-state index in [1.54, 1.807) is 18.1 Å². The van der Waals surface area contributed by atoms with Gasteiger partial charge in [0.1, 0.15) is 17.2 Å². The number of benzene rings is 1. The van der Waals surface area contributed by atoms with Crippen molar-refractivity contribution >= 4 is 40.0 Å². The fourth-order valence-corrected chi connectivity index (χ4v) is 3.65. The van der Waals surface area contributed by atoms with Crippen LogP contribution in [0.5, 0.6) is 0 Å². The maximum absolute atomic E-state index is 4.39. The van der Waals surface area contributed by atoms with Gasteiger partial charge in [0.15, 0.2) is 5.65 Å². The summed E-state index contributed by atoms with van der Waals surface area (Å²) in [5.41, 5.74) is 3.06. The third kappa shape index (κ3) is 2.91.